The monoisotopic (exact) mass is 338 g/mol. The number of anilines is 1. The molecule has 0 aliphatic heterocycles. The minimum Gasteiger partial charge on any atom is -0.280 e. The van der Waals surface area contributed by atoms with Gasteiger partial charge >= 0.3 is 0 Å². The van der Waals surface area contributed by atoms with Gasteiger partial charge < -0.3 is 0 Å². The van der Waals surface area contributed by atoms with Crippen LogP contribution in [-0.4, -0.2) is 33.5 Å². The summed E-state index contributed by atoms with van der Waals surface area (Å²) in [5, 5.41) is 1.03. The van der Waals surface area contributed by atoms with Gasteiger partial charge in [-0.15, -0.1) is 0 Å². The van der Waals surface area contributed by atoms with E-state index in [1.165, 1.54) is 50.6 Å². The maximum Gasteiger partial charge on any atom is 0.277 e. The van der Waals surface area contributed by atoms with Crippen LogP contribution in [0.3, 0.4) is 0 Å². The molecular weight excluding hydrogens is 323 g/mol. The van der Waals surface area contributed by atoms with Gasteiger partial charge in [0.2, 0.25) is 0 Å². The van der Waals surface area contributed by atoms with E-state index < -0.39 is 21.7 Å². The molecule has 0 fully saturated rings. The van der Waals surface area contributed by atoms with E-state index in [1.807, 2.05) is 0 Å². The fourth-order valence-electron chi connectivity index (χ4n) is 1.77. The zero-order valence-electron chi connectivity index (χ0n) is 12.5. The second kappa shape index (κ2) is 6.76. The first-order valence-corrected chi connectivity index (χ1v) is 8.02. The largest absolute Gasteiger partial charge is 0.280 e. The van der Waals surface area contributed by atoms with Crippen LogP contribution in [0.15, 0.2) is 53.4 Å². The Balaban J connectivity index is 2.20. The first-order valence-electron chi connectivity index (χ1n) is 6.54. The molecule has 8 heteroatoms. The molecule has 0 saturated carbocycles. The summed E-state index contributed by atoms with van der Waals surface area (Å²) in [6.07, 6.45) is 0. The lowest BCUT2D eigenvalue weighted by Crippen LogP contribution is -2.25. The van der Waals surface area contributed by atoms with E-state index in [9.17, 15) is 17.6 Å². The Morgan fingerprint density at radius 3 is 2.17 bits per heavy atom. The number of nitrogens with zero attached hydrogens (tertiary/aromatic N) is 1. The predicted molar refractivity (Wildman–Crippen MR) is 82.8 cm³/mol. The highest BCUT2D eigenvalue weighted by atomic mass is 32.2. The SMILES string of the molecule is CON(C)C(=O)c1ccc(S(=O)(=O)Nc2ccc(F)cc2)cc1. The lowest BCUT2D eigenvalue weighted by Gasteiger charge is -2.14. The minimum absolute atomic E-state index is 0.0153. The van der Waals surface area contributed by atoms with Crippen molar-refractivity contribution in [3.63, 3.8) is 0 Å². The van der Waals surface area contributed by atoms with E-state index in [1.54, 1.807) is 0 Å². The first-order chi connectivity index (χ1) is 10.8. The number of hydrogen-bond acceptors (Lipinski definition) is 4. The maximum absolute atomic E-state index is 12.8. The van der Waals surface area contributed by atoms with Gasteiger partial charge in [0.1, 0.15) is 5.82 Å². The second-order valence-electron chi connectivity index (χ2n) is 4.62. The van der Waals surface area contributed by atoms with Gasteiger partial charge in [0.15, 0.2) is 0 Å². The van der Waals surface area contributed by atoms with E-state index in [4.69, 9.17) is 4.84 Å². The van der Waals surface area contributed by atoms with Crippen LogP contribution in [0.5, 0.6) is 0 Å². The van der Waals surface area contributed by atoms with Crippen molar-refractivity contribution in [2.75, 3.05) is 18.9 Å². The van der Waals surface area contributed by atoms with Gasteiger partial charge in [0.25, 0.3) is 15.9 Å². The molecule has 0 aliphatic carbocycles. The number of carbonyl (C=O) groups is 1. The Labute approximate surface area is 133 Å². The Morgan fingerprint density at radius 1 is 1.09 bits per heavy atom. The van der Waals surface area contributed by atoms with Crippen molar-refractivity contribution in [2.45, 2.75) is 4.90 Å². The van der Waals surface area contributed by atoms with Crippen LogP contribution in [0.25, 0.3) is 0 Å². The third-order valence-electron chi connectivity index (χ3n) is 3.07. The van der Waals surface area contributed by atoms with E-state index in [0.717, 1.165) is 17.2 Å². The van der Waals surface area contributed by atoms with Crippen molar-refractivity contribution >= 4 is 21.6 Å². The molecule has 2 rings (SSSR count). The molecule has 6 nitrogen and oxygen atoms in total. The molecule has 0 radical (unpaired) electrons. The van der Waals surface area contributed by atoms with Crippen molar-refractivity contribution in [3.05, 3.63) is 59.9 Å². The van der Waals surface area contributed by atoms with Gasteiger partial charge in [-0.2, -0.15) is 0 Å². The summed E-state index contributed by atoms with van der Waals surface area (Å²) < 4.78 is 39.6. The third-order valence-corrected chi connectivity index (χ3v) is 4.47. The molecule has 0 atom stereocenters. The molecule has 2 aromatic carbocycles. The van der Waals surface area contributed by atoms with Crippen LogP contribution >= 0.6 is 0 Å². The molecule has 0 aromatic heterocycles. The third kappa shape index (κ3) is 4.05. The molecule has 0 unspecified atom stereocenters. The summed E-state index contributed by atoms with van der Waals surface area (Å²) in [6, 6.07) is 10.3. The highest BCUT2D eigenvalue weighted by Crippen LogP contribution is 2.17. The number of halogens is 1. The van der Waals surface area contributed by atoms with Crippen molar-refractivity contribution in [1.29, 1.82) is 0 Å². The molecule has 0 aliphatic rings. The molecule has 0 saturated heterocycles. The van der Waals surface area contributed by atoms with Crippen molar-refractivity contribution < 1.29 is 22.4 Å². The van der Waals surface area contributed by atoms with Crippen LogP contribution in [0, 0.1) is 5.82 Å². The Morgan fingerprint density at radius 2 is 1.65 bits per heavy atom. The summed E-state index contributed by atoms with van der Waals surface area (Å²) >= 11 is 0. The number of benzene rings is 2. The van der Waals surface area contributed by atoms with Crippen molar-refractivity contribution in [1.82, 2.24) is 5.06 Å². The van der Waals surface area contributed by atoms with Gasteiger partial charge in [-0.3, -0.25) is 14.4 Å². The lowest BCUT2D eigenvalue weighted by molar-refractivity contribution is -0.0757. The normalized spacial score (nSPS) is 11.1. The number of hydroxylamine groups is 2. The zero-order valence-corrected chi connectivity index (χ0v) is 13.3. The van der Waals surface area contributed by atoms with Gasteiger partial charge in [-0.05, 0) is 48.5 Å². The second-order valence-corrected chi connectivity index (χ2v) is 6.30. The zero-order chi connectivity index (χ0) is 17.0. The summed E-state index contributed by atoms with van der Waals surface area (Å²) in [5.41, 5.74) is 0.528. The summed E-state index contributed by atoms with van der Waals surface area (Å²) in [4.78, 5) is 16.6. The van der Waals surface area contributed by atoms with Crippen LogP contribution in [-0.2, 0) is 14.9 Å². The average Bonchev–Trinajstić information content (AvgIpc) is 2.55. The van der Waals surface area contributed by atoms with Crippen molar-refractivity contribution in [3.8, 4) is 0 Å². The quantitative estimate of drug-likeness (QED) is 0.849. The van der Waals surface area contributed by atoms with E-state index in [0.29, 0.717) is 0 Å². The predicted octanol–water partition coefficient (Wildman–Crippen LogP) is 2.26. The van der Waals surface area contributed by atoms with E-state index in [2.05, 4.69) is 4.72 Å². The Bertz CT molecular complexity index is 789. The van der Waals surface area contributed by atoms with E-state index in [-0.39, 0.29) is 16.1 Å². The maximum atomic E-state index is 12.8. The lowest BCUT2D eigenvalue weighted by atomic mass is 10.2. The van der Waals surface area contributed by atoms with Gasteiger partial charge in [-0.25, -0.2) is 17.9 Å². The molecule has 1 amide bonds. The Kier molecular flexibility index (Phi) is 4.97. The molecule has 2 aromatic rings. The van der Waals surface area contributed by atoms with Crippen LogP contribution in [0.1, 0.15) is 10.4 Å². The van der Waals surface area contributed by atoms with Crippen LogP contribution < -0.4 is 4.72 Å². The number of sulfonamides is 1. The fraction of sp³-hybridized carbons (Fsp3) is 0.133. The molecule has 0 bridgehead atoms. The first kappa shape index (κ1) is 16.9. The fourth-order valence-corrected chi connectivity index (χ4v) is 2.83. The number of carbonyl (C=O) groups excluding carboxylic acids is 1. The van der Waals surface area contributed by atoms with Crippen LogP contribution in [0.4, 0.5) is 10.1 Å². The standard InChI is InChI=1S/C15H15FN2O4S/c1-18(22-2)15(19)11-3-9-14(10-4-11)23(20,21)17-13-7-5-12(16)6-8-13/h3-10,17H,1-2H3. The van der Waals surface area contributed by atoms with Gasteiger partial charge in [0.05, 0.1) is 12.0 Å². The molecule has 122 valence electrons. The summed E-state index contributed by atoms with van der Waals surface area (Å²) in [6.45, 7) is 0. The van der Waals surface area contributed by atoms with Gasteiger partial charge in [-0.1, -0.05) is 0 Å². The minimum atomic E-state index is -3.82. The topological polar surface area (TPSA) is 75.7 Å². The number of amides is 1. The molecule has 0 spiro atoms. The van der Waals surface area contributed by atoms with Crippen LogP contribution in [0.2, 0.25) is 0 Å². The molecular formula is C15H15FN2O4S. The summed E-state index contributed by atoms with van der Waals surface area (Å²) in [5.74, 6) is -0.860. The Hall–Kier alpha value is -2.45. The van der Waals surface area contributed by atoms with E-state index >= 15 is 0 Å². The summed E-state index contributed by atoms with van der Waals surface area (Å²) in [7, 11) is -1.03. The number of rotatable bonds is 5. The highest BCUT2D eigenvalue weighted by molar-refractivity contribution is 7.92. The molecule has 1 N–H and O–H groups in total. The van der Waals surface area contributed by atoms with Gasteiger partial charge in [0, 0.05) is 18.3 Å². The molecule has 0 heterocycles. The number of hydrogen-bond donors (Lipinski definition) is 1. The molecule has 23 heavy (non-hydrogen) atoms. The smallest absolute Gasteiger partial charge is 0.277 e. The average molecular weight is 338 g/mol. The van der Waals surface area contributed by atoms with Crippen molar-refractivity contribution in [2.24, 2.45) is 0 Å². The number of nitrogens with one attached hydrogen (secondary N) is 1. The highest BCUT2D eigenvalue weighted by Gasteiger charge is 2.16.